The minimum absolute atomic E-state index is 0.0622. The fourth-order valence-electron chi connectivity index (χ4n) is 3.21. The van der Waals surface area contributed by atoms with Crippen LogP contribution in [0.5, 0.6) is 0 Å². The number of methoxy groups -OCH3 is 1. The molecular formula is C19H20FN3O4S. The first-order valence-electron chi connectivity index (χ1n) is 8.81. The zero-order chi connectivity index (χ0) is 20.3. The zero-order valence-electron chi connectivity index (χ0n) is 15.5. The van der Waals surface area contributed by atoms with E-state index < -0.39 is 29.6 Å². The number of ether oxygens (including phenoxy) is 1. The second-order valence-corrected chi connectivity index (χ2v) is 7.34. The van der Waals surface area contributed by atoms with Crippen molar-refractivity contribution < 1.29 is 23.5 Å². The highest BCUT2D eigenvalue weighted by Crippen LogP contribution is 2.23. The molecule has 1 aliphatic rings. The van der Waals surface area contributed by atoms with Gasteiger partial charge >= 0.3 is 5.97 Å². The van der Waals surface area contributed by atoms with Crippen molar-refractivity contribution in [1.82, 2.24) is 9.88 Å². The Labute approximate surface area is 165 Å². The van der Waals surface area contributed by atoms with Gasteiger partial charge in [0.25, 0.3) is 11.8 Å². The standard InChI is InChI=1S/C19H20FN3O4S/c1-11-16(28-10-21-11)17(24)22-14-8-12(7-13(20)9-14)18(25)23-6-4-3-5-15(23)19(26)27-2/h7-10,15H,3-6H2,1-2H3,(H,22,24). The number of likely N-dealkylation sites (tertiary alicyclic amines) is 1. The van der Waals surface area contributed by atoms with Crippen LogP contribution in [0.2, 0.25) is 0 Å². The number of aromatic nitrogens is 1. The average Bonchev–Trinajstić information content (AvgIpc) is 3.12. The van der Waals surface area contributed by atoms with Crippen molar-refractivity contribution in [2.24, 2.45) is 0 Å². The second-order valence-electron chi connectivity index (χ2n) is 6.48. The number of carbonyl (C=O) groups is 3. The van der Waals surface area contributed by atoms with E-state index in [9.17, 15) is 18.8 Å². The second kappa shape index (κ2) is 8.47. The van der Waals surface area contributed by atoms with E-state index in [0.29, 0.717) is 23.5 Å². The Kier molecular flexibility index (Phi) is 6.03. The lowest BCUT2D eigenvalue weighted by atomic mass is 10.0. The molecule has 0 radical (unpaired) electrons. The Balaban J connectivity index is 1.84. The van der Waals surface area contributed by atoms with Gasteiger partial charge in [-0.2, -0.15) is 0 Å². The summed E-state index contributed by atoms with van der Waals surface area (Å²) in [4.78, 5) is 43.1. The molecule has 2 heterocycles. The monoisotopic (exact) mass is 405 g/mol. The van der Waals surface area contributed by atoms with Crippen LogP contribution in [-0.2, 0) is 9.53 Å². The molecule has 1 aromatic heterocycles. The Hall–Kier alpha value is -2.81. The van der Waals surface area contributed by atoms with Gasteiger partial charge in [-0.05, 0) is 44.4 Å². The molecule has 1 N–H and O–H groups in total. The van der Waals surface area contributed by atoms with E-state index >= 15 is 0 Å². The number of halogens is 1. The van der Waals surface area contributed by atoms with E-state index in [1.807, 2.05) is 0 Å². The summed E-state index contributed by atoms with van der Waals surface area (Å²) < 4.78 is 18.9. The van der Waals surface area contributed by atoms with Crippen LogP contribution in [0.1, 0.15) is 45.0 Å². The van der Waals surface area contributed by atoms with Gasteiger partial charge in [0, 0.05) is 17.8 Å². The summed E-state index contributed by atoms with van der Waals surface area (Å²) >= 11 is 1.18. The number of aryl methyl sites for hydroxylation is 1. The number of nitrogens with one attached hydrogen (secondary N) is 1. The quantitative estimate of drug-likeness (QED) is 0.790. The summed E-state index contributed by atoms with van der Waals surface area (Å²) in [5, 5.41) is 2.60. The van der Waals surface area contributed by atoms with Crippen LogP contribution >= 0.6 is 11.3 Å². The number of hydrogen-bond donors (Lipinski definition) is 1. The summed E-state index contributed by atoms with van der Waals surface area (Å²) in [6.07, 6.45) is 2.06. The summed E-state index contributed by atoms with van der Waals surface area (Å²) in [5.41, 5.74) is 2.35. The maximum absolute atomic E-state index is 14.1. The molecule has 0 aliphatic carbocycles. The van der Waals surface area contributed by atoms with Crippen molar-refractivity contribution >= 4 is 34.8 Å². The van der Waals surface area contributed by atoms with Gasteiger partial charge in [-0.3, -0.25) is 9.59 Å². The molecule has 1 atom stereocenters. The van der Waals surface area contributed by atoms with Gasteiger partial charge in [0.2, 0.25) is 0 Å². The maximum Gasteiger partial charge on any atom is 0.328 e. The third-order valence-corrected chi connectivity index (χ3v) is 5.52. The van der Waals surface area contributed by atoms with E-state index in [2.05, 4.69) is 10.3 Å². The number of benzene rings is 1. The molecule has 2 amide bonds. The molecule has 3 rings (SSSR count). The van der Waals surface area contributed by atoms with Gasteiger partial charge in [0.1, 0.15) is 16.7 Å². The number of rotatable bonds is 4. The molecule has 148 valence electrons. The molecule has 0 saturated carbocycles. The molecule has 1 aliphatic heterocycles. The van der Waals surface area contributed by atoms with Crippen LogP contribution in [0.4, 0.5) is 10.1 Å². The van der Waals surface area contributed by atoms with E-state index in [4.69, 9.17) is 4.74 Å². The minimum atomic E-state index is -0.688. The largest absolute Gasteiger partial charge is 0.467 e. The van der Waals surface area contributed by atoms with Crippen LogP contribution in [0.25, 0.3) is 0 Å². The Morgan fingerprint density at radius 2 is 2.07 bits per heavy atom. The number of nitrogens with zero attached hydrogens (tertiary/aromatic N) is 2. The molecule has 2 aromatic rings. The Morgan fingerprint density at radius 1 is 1.29 bits per heavy atom. The topological polar surface area (TPSA) is 88.6 Å². The lowest BCUT2D eigenvalue weighted by Gasteiger charge is -2.33. The number of esters is 1. The van der Waals surface area contributed by atoms with Crippen molar-refractivity contribution in [3.8, 4) is 0 Å². The third kappa shape index (κ3) is 4.19. The molecule has 0 bridgehead atoms. The summed E-state index contributed by atoms with van der Waals surface area (Å²) in [6.45, 7) is 2.09. The molecular weight excluding hydrogens is 385 g/mol. The highest BCUT2D eigenvalue weighted by molar-refractivity contribution is 7.12. The van der Waals surface area contributed by atoms with Gasteiger partial charge in [-0.25, -0.2) is 14.2 Å². The number of piperidine rings is 1. The van der Waals surface area contributed by atoms with Crippen molar-refractivity contribution in [2.75, 3.05) is 19.0 Å². The average molecular weight is 405 g/mol. The van der Waals surface area contributed by atoms with E-state index in [1.165, 1.54) is 29.4 Å². The van der Waals surface area contributed by atoms with Crippen LogP contribution < -0.4 is 5.32 Å². The van der Waals surface area contributed by atoms with Gasteiger partial charge in [0.15, 0.2) is 0 Å². The predicted molar refractivity (Wildman–Crippen MR) is 102 cm³/mol. The number of anilines is 1. The lowest BCUT2D eigenvalue weighted by molar-refractivity contribution is -0.147. The van der Waals surface area contributed by atoms with Gasteiger partial charge in [-0.15, -0.1) is 11.3 Å². The first-order chi connectivity index (χ1) is 13.4. The van der Waals surface area contributed by atoms with Gasteiger partial charge in [-0.1, -0.05) is 0 Å². The normalized spacial score (nSPS) is 16.5. The summed E-state index contributed by atoms with van der Waals surface area (Å²) in [7, 11) is 1.27. The van der Waals surface area contributed by atoms with E-state index in [1.54, 1.807) is 12.4 Å². The Morgan fingerprint density at radius 3 is 2.75 bits per heavy atom. The smallest absolute Gasteiger partial charge is 0.328 e. The number of carbonyl (C=O) groups excluding carboxylic acids is 3. The number of amides is 2. The highest BCUT2D eigenvalue weighted by Gasteiger charge is 2.33. The van der Waals surface area contributed by atoms with Crippen molar-refractivity contribution in [1.29, 1.82) is 0 Å². The molecule has 28 heavy (non-hydrogen) atoms. The van der Waals surface area contributed by atoms with Gasteiger partial charge in [0.05, 0.1) is 18.3 Å². The molecule has 1 saturated heterocycles. The van der Waals surface area contributed by atoms with E-state index in [0.717, 1.165) is 25.0 Å². The molecule has 0 spiro atoms. The Bertz CT molecular complexity index is 914. The summed E-state index contributed by atoms with van der Waals surface area (Å²) in [6, 6.07) is 2.95. The third-order valence-electron chi connectivity index (χ3n) is 4.59. The van der Waals surface area contributed by atoms with Gasteiger partial charge < -0.3 is 15.0 Å². The van der Waals surface area contributed by atoms with Crippen LogP contribution in [-0.4, -0.2) is 47.4 Å². The number of hydrogen-bond acceptors (Lipinski definition) is 6. The molecule has 1 aromatic carbocycles. The van der Waals surface area contributed by atoms with Crippen molar-refractivity contribution in [3.63, 3.8) is 0 Å². The first-order valence-corrected chi connectivity index (χ1v) is 9.69. The van der Waals surface area contributed by atoms with Crippen molar-refractivity contribution in [2.45, 2.75) is 32.2 Å². The molecule has 1 fully saturated rings. The highest BCUT2D eigenvalue weighted by atomic mass is 32.1. The predicted octanol–water partition coefficient (Wildman–Crippen LogP) is 3.01. The minimum Gasteiger partial charge on any atom is -0.467 e. The SMILES string of the molecule is COC(=O)C1CCCCN1C(=O)c1cc(F)cc(NC(=O)c2scnc2C)c1. The lowest BCUT2D eigenvalue weighted by Crippen LogP contribution is -2.48. The van der Waals surface area contributed by atoms with Crippen LogP contribution in [0, 0.1) is 12.7 Å². The fourth-order valence-corrected chi connectivity index (χ4v) is 3.91. The number of thiazole rings is 1. The van der Waals surface area contributed by atoms with Crippen molar-refractivity contribution in [3.05, 3.63) is 45.7 Å². The zero-order valence-corrected chi connectivity index (χ0v) is 16.3. The fraction of sp³-hybridized carbons (Fsp3) is 0.368. The first kappa shape index (κ1) is 19.9. The van der Waals surface area contributed by atoms with Crippen LogP contribution in [0.15, 0.2) is 23.7 Å². The molecule has 9 heteroatoms. The molecule has 7 nitrogen and oxygen atoms in total. The maximum atomic E-state index is 14.1. The molecule has 1 unspecified atom stereocenters. The van der Waals surface area contributed by atoms with E-state index in [-0.39, 0.29) is 11.3 Å². The van der Waals surface area contributed by atoms with Crippen LogP contribution in [0.3, 0.4) is 0 Å². The summed E-state index contributed by atoms with van der Waals surface area (Å²) in [5.74, 6) is -2.04.